The van der Waals surface area contributed by atoms with E-state index < -0.39 is 0 Å². The molecule has 0 radical (unpaired) electrons. The third-order valence-electron chi connectivity index (χ3n) is 3.24. The average molecular weight is 247 g/mol. The molecule has 0 aliphatic rings. The largest absolute Gasteiger partial charge is 0.467 e. The van der Waals surface area contributed by atoms with Gasteiger partial charge in [-0.05, 0) is 32.9 Å². The van der Waals surface area contributed by atoms with Crippen molar-refractivity contribution in [1.82, 2.24) is 15.1 Å². The van der Waals surface area contributed by atoms with E-state index in [9.17, 15) is 0 Å². The van der Waals surface area contributed by atoms with Gasteiger partial charge in [-0.1, -0.05) is 6.92 Å². The van der Waals surface area contributed by atoms with E-state index in [-0.39, 0.29) is 0 Å². The highest BCUT2D eigenvalue weighted by atomic mass is 16.3. The van der Waals surface area contributed by atoms with Crippen LogP contribution in [0, 0.1) is 13.8 Å². The first kappa shape index (κ1) is 12.9. The second-order valence-corrected chi connectivity index (χ2v) is 4.60. The van der Waals surface area contributed by atoms with E-state index in [1.165, 1.54) is 11.3 Å². The fourth-order valence-corrected chi connectivity index (χ4v) is 2.24. The van der Waals surface area contributed by atoms with Crippen LogP contribution in [0.25, 0.3) is 11.1 Å². The summed E-state index contributed by atoms with van der Waals surface area (Å²) in [7, 11) is 1.97. The van der Waals surface area contributed by atoms with E-state index in [1.54, 1.807) is 6.26 Å². The van der Waals surface area contributed by atoms with Crippen molar-refractivity contribution in [3.05, 3.63) is 29.5 Å². The SMILES string of the molecule is CCCNCc1occc1-c1c(C)nn(C)c1C. The van der Waals surface area contributed by atoms with Gasteiger partial charge in [0, 0.05) is 23.9 Å². The zero-order valence-electron chi connectivity index (χ0n) is 11.6. The molecule has 0 unspecified atom stereocenters. The standard InChI is InChI=1S/C14H21N3O/c1-5-7-15-9-13-12(6-8-18-13)14-10(2)16-17(4)11(14)3/h6,8,15H,5,7,9H2,1-4H3. The molecule has 0 amide bonds. The molecular formula is C14H21N3O. The van der Waals surface area contributed by atoms with Crippen molar-refractivity contribution in [2.24, 2.45) is 7.05 Å². The van der Waals surface area contributed by atoms with Crippen LogP contribution in [0.5, 0.6) is 0 Å². The number of aryl methyl sites for hydroxylation is 2. The third kappa shape index (κ3) is 2.34. The summed E-state index contributed by atoms with van der Waals surface area (Å²) in [6.07, 6.45) is 2.88. The van der Waals surface area contributed by atoms with Crippen molar-refractivity contribution in [3.63, 3.8) is 0 Å². The van der Waals surface area contributed by atoms with Gasteiger partial charge in [-0.25, -0.2) is 0 Å². The predicted octanol–water partition coefficient (Wildman–Crippen LogP) is 2.80. The number of aromatic nitrogens is 2. The van der Waals surface area contributed by atoms with E-state index >= 15 is 0 Å². The van der Waals surface area contributed by atoms with Gasteiger partial charge in [-0.2, -0.15) is 5.10 Å². The Morgan fingerprint density at radius 1 is 1.39 bits per heavy atom. The van der Waals surface area contributed by atoms with Crippen LogP contribution >= 0.6 is 0 Å². The van der Waals surface area contributed by atoms with Crippen LogP contribution in [-0.4, -0.2) is 16.3 Å². The molecule has 0 bridgehead atoms. The molecule has 0 fully saturated rings. The highest BCUT2D eigenvalue weighted by Crippen LogP contribution is 2.30. The summed E-state index contributed by atoms with van der Waals surface area (Å²) >= 11 is 0. The monoisotopic (exact) mass is 247 g/mol. The maximum absolute atomic E-state index is 5.59. The van der Waals surface area contributed by atoms with E-state index in [0.29, 0.717) is 0 Å². The summed E-state index contributed by atoms with van der Waals surface area (Å²) < 4.78 is 7.50. The van der Waals surface area contributed by atoms with E-state index in [4.69, 9.17) is 4.42 Å². The maximum atomic E-state index is 5.59. The molecular weight excluding hydrogens is 226 g/mol. The normalized spacial score (nSPS) is 11.1. The van der Waals surface area contributed by atoms with Crippen molar-refractivity contribution in [2.75, 3.05) is 6.54 Å². The molecule has 1 N–H and O–H groups in total. The van der Waals surface area contributed by atoms with E-state index in [1.807, 2.05) is 24.7 Å². The lowest BCUT2D eigenvalue weighted by molar-refractivity contribution is 0.484. The molecule has 0 aliphatic heterocycles. The molecule has 0 aromatic carbocycles. The number of hydrogen-bond acceptors (Lipinski definition) is 3. The minimum absolute atomic E-state index is 0.768. The number of nitrogens with one attached hydrogen (secondary N) is 1. The topological polar surface area (TPSA) is 43.0 Å². The van der Waals surface area contributed by atoms with Gasteiger partial charge in [-0.3, -0.25) is 4.68 Å². The Kier molecular flexibility index (Phi) is 3.87. The molecule has 4 nitrogen and oxygen atoms in total. The van der Waals surface area contributed by atoms with Gasteiger partial charge in [0.25, 0.3) is 0 Å². The van der Waals surface area contributed by atoms with Crippen molar-refractivity contribution in [3.8, 4) is 11.1 Å². The fourth-order valence-electron chi connectivity index (χ4n) is 2.24. The van der Waals surface area contributed by atoms with Gasteiger partial charge < -0.3 is 9.73 Å². The zero-order valence-corrected chi connectivity index (χ0v) is 11.6. The van der Waals surface area contributed by atoms with Crippen molar-refractivity contribution >= 4 is 0 Å². The molecule has 2 aromatic rings. The summed E-state index contributed by atoms with van der Waals surface area (Å²) in [6, 6.07) is 2.03. The fraction of sp³-hybridized carbons (Fsp3) is 0.500. The Hall–Kier alpha value is -1.55. The Morgan fingerprint density at radius 3 is 2.78 bits per heavy atom. The highest BCUT2D eigenvalue weighted by molar-refractivity contribution is 5.70. The van der Waals surface area contributed by atoms with Gasteiger partial charge >= 0.3 is 0 Å². The summed E-state index contributed by atoms with van der Waals surface area (Å²) in [5, 5.41) is 7.83. The van der Waals surface area contributed by atoms with Gasteiger partial charge in [-0.15, -0.1) is 0 Å². The van der Waals surface area contributed by atoms with Crippen LogP contribution in [0.15, 0.2) is 16.7 Å². The quantitative estimate of drug-likeness (QED) is 0.826. The highest BCUT2D eigenvalue weighted by Gasteiger charge is 2.16. The van der Waals surface area contributed by atoms with Crippen LogP contribution in [-0.2, 0) is 13.6 Å². The minimum atomic E-state index is 0.768. The lowest BCUT2D eigenvalue weighted by Crippen LogP contribution is -2.13. The average Bonchev–Trinajstić information content (AvgIpc) is 2.86. The molecule has 0 aliphatic carbocycles. The van der Waals surface area contributed by atoms with Crippen molar-refractivity contribution < 1.29 is 4.42 Å². The third-order valence-corrected chi connectivity index (χ3v) is 3.24. The Morgan fingerprint density at radius 2 is 2.17 bits per heavy atom. The number of hydrogen-bond donors (Lipinski definition) is 1. The molecule has 98 valence electrons. The molecule has 18 heavy (non-hydrogen) atoms. The molecule has 4 heteroatoms. The van der Waals surface area contributed by atoms with Gasteiger partial charge in [0.1, 0.15) is 5.76 Å². The molecule has 0 atom stereocenters. The molecule has 2 heterocycles. The second kappa shape index (κ2) is 5.40. The van der Waals surface area contributed by atoms with Crippen LogP contribution in [0.2, 0.25) is 0 Å². The smallest absolute Gasteiger partial charge is 0.125 e. The summed E-state index contributed by atoms with van der Waals surface area (Å²) in [6.45, 7) is 8.06. The summed E-state index contributed by atoms with van der Waals surface area (Å²) in [5.74, 6) is 0.989. The van der Waals surface area contributed by atoms with Crippen LogP contribution in [0.4, 0.5) is 0 Å². The van der Waals surface area contributed by atoms with Crippen LogP contribution in [0.3, 0.4) is 0 Å². The Labute approximate surface area is 108 Å². The minimum Gasteiger partial charge on any atom is -0.467 e. The molecule has 2 aromatic heterocycles. The maximum Gasteiger partial charge on any atom is 0.125 e. The van der Waals surface area contributed by atoms with E-state index in [0.717, 1.165) is 36.5 Å². The van der Waals surface area contributed by atoms with Gasteiger partial charge in [0.2, 0.25) is 0 Å². The number of furan rings is 1. The summed E-state index contributed by atoms with van der Waals surface area (Å²) in [4.78, 5) is 0. The first-order chi connectivity index (χ1) is 8.65. The van der Waals surface area contributed by atoms with E-state index in [2.05, 4.69) is 24.3 Å². The lowest BCUT2D eigenvalue weighted by Gasteiger charge is -2.05. The Balaban J connectivity index is 2.30. The number of nitrogens with zero attached hydrogens (tertiary/aromatic N) is 2. The van der Waals surface area contributed by atoms with Crippen molar-refractivity contribution in [2.45, 2.75) is 33.7 Å². The van der Waals surface area contributed by atoms with Crippen LogP contribution in [0.1, 0.15) is 30.5 Å². The zero-order chi connectivity index (χ0) is 13.1. The molecule has 0 saturated heterocycles. The molecule has 0 saturated carbocycles. The Bertz CT molecular complexity index is 525. The van der Waals surface area contributed by atoms with Gasteiger partial charge in [0.15, 0.2) is 0 Å². The molecule has 0 spiro atoms. The first-order valence-corrected chi connectivity index (χ1v) is 6.42. The van der Waals surface area contributed by atoms with Crippen molar-refractivity contribution in [1.29, 1.82) is 0 Å². The van der Waals surface area contributed by atoms with Crippen LogP contribution < -0.4 is 5.32 Å². The predicted molar refractivity (Wildman–Crippen MR) is 72.4 cm³/mol. The lowest BCUT2D eigenvalue weighted by atomic mass is 10.0. The first-order valence-electron chi connectivity index (χ1n) is 6.42. The van der Waals surface area contributed by atoms with Gasteiger partial charge in [0.05, 0.1) is 18.5 Å². The number of rotatable bonds is 5. The summed E-state index contributed by atoms with van der Waals surface area (Å²) in [5.41, 5.74) is 4.57. The molecule has 2 rings (SSSR count). The second-order valence-electron chi connectivity index (χ2n) is 4.60.